The van der Waals surface area contributed by atoms with E-state index in [-0.39, 0.29) is 12.4 Å². The van der Waals surface area contributed by atoms with Gasteiger partial charge in [0, 0.05) is 31.5 Å². The molecule has 4 heteroatoms. The zero-order valence-corrected chi connectivity index (χ0v) is 10.5. The smallest absolute Gasteiger partial charge is 0.0312 e. The first-order chi connectivity index (χ1) is 7.36. The lowest BCUT2D eigenvalue weighted by molar-refractivity contribution is 0.195. The zero-order valence-electron chi connectivity index (χ0n) is 9.72. The molecule has 1 aromatic rings. The largest absolute Gasteiger partial charge is 0.315 e. The van der Waals surface area contributed by atoms with Crippen molar-refractivity contribution in [3.05, 3.63) is 30.1 Å². The van der Waals surface area contributed by atoms with Crippen molar-refractivity contribution in [2.45, 2.75) is 25.4 Å². The number of hydrogen-bond acceptors (Lipinski definition) is 3. The second-order valence-corrected chi connectivity index (χ2v) is 4.28. The van der Waals surface area contributed by atoms with Gasteiger partial charge in [0.25, 0.3) is 0 Å². The van der Waals surface area contributed by atoms with Gasteiger partial charge in [-0.1, -0.05) is 6.07 Å². The first-order valence-electron chi connectivity index (χ1n) is 5.66. The van der Waals surface area contributed by atoms with Crippen LogP contribution in [-0.4, -0.2) is 36.1 Å². The van der Waals surface area contributed by atoms with Crippen LogP contribution in [0.25, 0.3) is 0 Å². The van der Waals surface area contributed by atoms with E-state index in [1.165, 1.54) is 24.9 Å². The average molecular weight is 242 g/mol. The van der Waals surface area contributed by atoms with Gasteiger partial charge in [0.1, 0.15) is 0 Å². The molecule has 1 aliphatic rings. The molecule has 0 bridgehead atoms. The Morgan fingerprint density at radius 2 is 2.44 bits per heavy atom. The van der Waals surface area contributed by atoms with Gasteiger partial charge in [0.2, 0.25) is 0 Å². The minimum Gasteiger partial charge on any atom is -0.315 e. The highest BCUT2D eigenvalue weighted by Gasteiger charge is 2.17. The van der Waals surface area contributed by atoms with Crippen molar-refractivity contribution in [1.82, 2.24) is 15.2 Å². The van der Waals surface area contributed by atoms with Crippen LogP contribution >= 0.6 is 12.4 Å². The van der Waals surface area contributed by atoms with Gasteiger partial charge in [-0.3, -0.25) is 9.88 Å². The highest BCUT2D eigenvalue weighted by Crippen LogP contribution is 2.11. The first-order valence-corrected chi connectivity index (χ1v) is 5.66. The van der Waals surface area contributed by atoms with E-state index in [1.54, 1.807) is 0 Å². The van der Waals surface area contributed by atoms with Gasteiger partial charge in [-0.2, -0.15) is 0 Å². The molecule has 1 N–H and O–H groups in total. The fourth-order valence-electron chi connectivity index (χ4n) is 2.12. The Morgan fingerprint density at radius 1 is 1.56 bits per heavy atom. The summed E-state index contributed by atoms with van der Waals surface area (Å²) in [4.78, 5) is 6.56. The van der Waals surface area contributed by atoms with E-state index in [1.807, 2.05) is 18.5 Å². The summed E-state index contributed by atoms with van der Waals surface area (Å²) in [5, 5.41) is 3.44. The number of rotatable bonds is 3. The molecule has 1 aromatic heterocycles. The number of piperidine rings is 1. The van der Waals surface area contributed by atoms with E-state index in [9.17, 15) is 0 Å². The van der Waals surface area contributed by atoms with Crippen LogP contribution in [0.3, 0.4) is 0 Å². The van der Waals surface area contributed by atoms with Crippen molar-refractivity contribution in [1.29, 1.82) is 0 Å². The number of nitrogens with one attached hydrogen (secondary N) is 1. The molecular weight excluding hydrogens is 222 g/mol. The third kappa shape index (κ3) is 3.74. The van der Waals surface area contributed by atoms with Gasteiger partial charge < -0.3 is 5.32 Å². The summed E-state index contributed by atoms with van der Waals surface area (Å²) in [6.07, 6.45) is 6.38. The second kappa shape index (κ2) is 6.84. The Labute approximate surface area is 104 Å². The maximum Gasteiger partial charge on any atom is 0.0312 e. The van der Waals surface area contributed by atoms with Crippen molar-refractivity contribution in [3.8, 4) is 0 Å². The Balaban J connectivity index is 0.00000128. The van der Waals surface area contributed by atoms with Crippen LogP contribution < -0.4 is 5.32 Å². The Hall–Kier alpha value is -0.640. The summed E-state index contributed by atoms with van der Waals surface area (Å²) in [5.41, 5.74) is 1.30. The predicted octanol–water partition coefficient (Wildman–Crippen LogP) is 1.69. The summed E-state index contributed by atoms with van der Waals surface area (Å²) < 4.78 is 0. The van der Waals surface area contributed by atoms with E-state index in [0.717, 1.165) is 13.1 Å². The SMILES string of the molecule is CN(Cc1cccnc1)[C@@H]1CCCNC1.Cl. The predicted molar refractivity (Wildman–Crippen MR) is 68.8 cm³/mol. The van der Waals surface area contributed by atoms with Crippen LogP contribution in [-0.2, 0) is 6.54 Å². The average Bonchev–Trinajstić information content (AvgIpc) is 2.31. The van der Waals surface area contributed by atoms with E-state index >= 15 is 0 Å². The molecule has 0 aromatic carbocycles. The summed E-state index contributed by atoms with van der Waals surface area (Å²) in [5.74, 6) is 0. The minimum atomic E-state index is 0. The molecule has 1 aliphatic heterocycles. The Morgan fingerprint density at radius 3 is 3.06 bits per heavy atom. The number of likely N-dealkylation sites (N-methyl/N-ethyl adjacent to an activating group) is 1. The van der Waals surface area contributed by atoms with Gasteiger partial charge >= 0.3 is 0 Å². The topological polar surface area (TPSA) is 28.2 Å². The Kier molecular flexibility index (Phi) is 5.74. The molecule has 0 aliphatic carbocycles. The quantitative estimate of drug-likeness (QED) is 0.873. The van der Waals surface area contributed by atoms with Crippen LogP contribution in [0.2, 0.25) is 0 Å². The maximum absolute atomic E-state index is 4.14. The van der Waals surface area contributed by atoms with Crippen molar-refractivity contribution in [3.63, 3.8) is 0 Å². The normalized spacial score (nSPS) is 20.5. The van der Waals surface area contributed by atoms with Gasteiger partial charge in [0.05, 0.1) is 0 Å². The Bertz CT molecular complexity index is 286. The summed E-state index contributed by atoms with van der Waals surface area (Å²) in [6, 6.07) is 4.82. The number of nitrogens with zero attached hydrogens (tertiary/aromatic N) is 2. The molecule has 2 heterocycles. The minimum absolute atomic E-state index is 0. The van der Waals surface area contributed by atoms with Gasteiger partial charge in [-0.25, -0.2) is 0 Å². The van der Waals surface area contributed by atoms with Gasteiger partial charge in [0.15, 0.2) is 0 Å². The standard InChI is InChI=1S/C12H19N3.ClH/c1-15(12-5-3-7-14-9-12)10-11-4-2-6-13-8-11;/h2,4,6,8,12,14H,3,5,7,9-10H2,1H3;1H/t12-;/m1./s1. The van der Waals surface area contributed by atoms with Crippen LogP contribution in [0.1, 0.15) is 18.4 Å². The summed E-state index contributed by atoms with van der Waals surface area (Å²) >= 11 is 0. The molecule has 1 fully saturated rings. The van der Waals surface area contributed by atoms with Crippen molar-refractivity contribution in [2.75, 3.05) is 20.1 Å². The van der Waals surface area contributed by atoms with Crippen LogP contribution in [0, 0.1) is 0 Å². The highest BCUT2D eigenvalue weighted by atomic mass is 35.5. The lowest BCUT2D eigenvalue weighted by atomic mass is 10.1. The van der Waals surface area contributed by atoms with Crippen LogP contribution in [0.4, 0.5) is 0 Å². The van der Waals surface area contributed by atoms with Crippen molar-refractivity contribution >= 4 is 12.4 Å². The molecule has 0 unspecified atom stereocenters. The first kappa shape index (κ1) is 13.4. The summed E-state index contributed by atoms with van der Waals surface area (Å²) in [7, 11) is 2.20. The number of hydrogen-bond donors (Lipinski definition) is 1. The van der Waals surface area contributed by atoms with Crippen molar-refractivity contribution in [2.24, 2.45) is 0 Å². The third-order valence-electron chi connectivity index (χ3n) is 3.05. The molecule has 16 heavy (non-hydrogen) atoms. The second-order valence-electron chi connectivity index (χ2n) is 4.28. The number of halogens is 1. The highest BCUT2D eigenvalue weighted by molar-refractivity contribution is 5.85. The van der Waals surface area contributed by atoms with E-state index < -0.39 is 0 Å². The molecule has 0 amide bonds. The molecule has 2 rings (SSSR count). The molecule has 0 radical (unpaired) electrons. The molecule has 0 spiro atoms. The molecule has 1 saturated heterocycles. The van der Waals surface area contributed by atoms with E-state index in [0.29, 0.717) is 6.04 Å². The fraction of sp³-hybridized carbons (Fsp3) is 0.583. The van der Waals surface area contributed by atoms with Crippen LogP contribution in [0.5, 0.6) is 0 Å². The molecule has 0 saturated carbocycles. The lowest BCUT2D eigenvalue weighted by Gasteiger charge is -2.31. The number of pyridine rings is 1. The molecular formula is C12H20ClN3. The van der Waals surface area contributed by atoms with Crippen LogP contribution in [0.15, 0.2) is 24.5 Å². The summed E-state index contributed by atoms with van der Waals surface area (Å²) in [6.45, 7) is 3.30. The number of aromatic nitrogens is 1. The van der Waals surface area contributed by atoms with Crippen molar-refractivity contribution < 1.29 is 0 Å². The molecule has 3 nitrogen and oxygen atoms in total. The molecule has 1 atom stereocenters. The fourth-order valence-corrected chi connectivity index (χ4v) is 2.12. The van der Waals surface area contributed by atoms with E-state index in [2.05, 4.69) is 28.3 Å². The zero-order chi connectivity index (χ0) is 10.5. The van der Waals surface area contributed by atoms with Gasteiger partial charge in [-0.15, -0.1) is 12.4 Å². The van der Waals surface area contributed by atoms with Gasteiger partial charge in [-0.05, 0) is 38.1 Å². The maximum atomic E-state index is 4.14. The molecule has 90 valence electrons. The van der Waals surface area contributed by atoms with E-state index in [4.69, 9.17) is 0 Å². The third-order valence-corrected chi connectivity index (χ3v) is 3.05. The monoisotopic (exact) mass is 241 g/mol. The lowest BCUT2D eigenvalue weighted by Crippen LogP contribution is -2.43.